The lowest BCUT2D eigenvalue weighted by molar-refractivity contribution is -0.128. The molecular weight excluding hydrogens is 493 g/mol. The van der Waals surface area contributed by atoms with Crippen LogP contribution in [0.3, 0.4) is 0 Å². The SMILES string of the molecule is [3H][3H].[3H][3H].[3H][3H].[3H][3H].[3H][3H].[3H][3H].[3H][3H].[3H][3H].[3H][3H].[3H][3H].[3H][3H].[3H][3H].[3H][3H].[3H][3H].[3H][3H].[3H][3H].[3H][3H].[3H][3H].[3H][3H].[3H][3H].[3H][3H].[3H][3H].[3H][3H].[3H][3H].[3H][3H].[3H][3H].[3H][3H].[3H][3H].[3H][3H].[3H][3H].[3H][3H].[3H][3H].[3H][3H].[3H][3H].[3H][3H].[3H][3H].[3H][3H].[3H][3H].[3H][3H].[3H][3H].[3H][3H].[3H][3H].[3H][3H].[3H][3H].[3H][3H].[3H][3H].[3H][3H].[3H][3H].[3H][3H].[3H][3H].[3H][3H].[3H][3H].[3H][3H].[3H][3H].[3H][3H].[3H][3H].[3H][3H].[3H][3H].[3H][3H].[3H][3H].[3H][3H].[3H][3H].[3H][3H].[3H][3H].[3H][3H].[3H][3H].[3H][3H].[3H][3H].[3H][3H].[3H][3H].[3H][3H].[3H][3H].[3H][3H].[3H][3H].[3H][3H].[3H][3H].[C-]#[N+]C1=C[C@@]2(C)c3nc(-c4ccnc(CCC(=O)N(C)C)c4)nc(-c4ccccc4F)c3CC[C@@H]2[C@@H](C)C1=O. The van der Waals surface area contributed by atoms with Gasteiger partial charge in [-0.25, -0.2) is 19.2 Å². The first-order chi connectivity index (χ1) is 94.6. The Morgan fingerprint density at radius 2 is 2.05 bits per heavy atom. The third-order valence-corrected chi connectivity index (χ3v) is 8.12. The van der Waals surface area contributed by atoms with Crippen molar-refractivity contribution in [2.24, 2.45) is 11.8 Å². The summed E-state index contributed by atoms with van der Waals surface area (Å²) in [7, 11) is 3.44. The van der Waals surface area contributed by atoms with Gasteiger partial charge in [0.2, 0.25) is 11.6 Å². The van der Waals surface area contributed by atoms with Gasteiger partial charge in [-0.3, -0.25) is 9.78 Å². The van der Waals surface area contributed by atoms with Gasteiger partial charge in [-0.2, -0.15) is 0 Å². The Kier molecular flexibility index (Phi) is 0.782. The molecule has 0 aliphatic heterocycles. The highest BCUT2D eigenvalue weighted by Gasteiger charge is 2.49. The van der Waals surface area contributed by atoms with Crippen LogP contribution < -0.4 is 0 Å². The third kappa shape index (κ3) is 4.63. The fourth-order valence-corrected chi connectivity index (χ4v) is 5.96. The number of allylic oxidation sites excluding steroid dienone is 2. The van der Waals surface area contributed by atoms with Gasteiger partial charge in [-0.15, -0.1) is 0 Å². The average Bonchev–Trinajstić information content (AvgIpc) is 0.717. The van der Waals surface area contributed by atoms with E-state index in [-0.39, 0.29) is 35.0 Å². The van der Waals surface area contributed by atoms with E-state index in [0.717, 1.165) is 17.0 Å². The van der Waals surface area contributed by atoms with Gasteiger partial charge in [0, 0.05) is 286 Å². The van der Waals surface area contributed by atoms with Gasteiger partial charge in [-0.1, -0.05) is 32.1 Å². The molecule has 3 atom stereocenters. The van der Waals surface area contributed by atoms with Crippen molar-refractivity contribution >= 4 is 11.7 Å². The summed E-state index contributed by atoms with van der Waals surface area (Å²) in [5.74, 6) is -0.446. The molecule has 0 N–H and O–H groups in total. The zero-order valence-electron chi connectivity index (χ0n) is 175. The number of aryl methyl sites for hydroxylation is 1. The summed E-state index contributed by atoms with van der Waals surface area (Å²) < 4.78 is 775. The maximum atomic E-state index is 15.1. The maximum absolute atomic E-state index is 15.1. The summed E-state index contributed by atoms with van der Waals surface area (Å²) in [5, 5.41) is 0. The van der Waals surface area contributed by atoms with E-state index in [1.54, 1.807) is 55.5 Å². The molecule has 1 aromatic carbocycles. The van der Waals surface area contributed by atoms with Crippen LogP contribution in [0.4, 0.5) is 4.39 Å². The topological polar surface area (TPSA) is 80.4 Å². The van der Waals surface area contributed by atoms with E-state index < -0.39 is 5.41 Å². The Balaban J connectivity index is -0.0000000116. The van der Waals surface area contributed by atoms with E-state index in [9.17, 15) is 9.59 Å². The predicted molar refractivity (Wildman–Crippen MR) is 306 cm³/mol. The Morgan fingerprint density at radius 3 is 2.77 bits per heavy atom. The fourth-order valence-electron chi connectivity index (χ4n) is 5.96. The van der Waals surface area contributed by atoms with E-state index in [1.165, 1.54) is 6.07 Å². The van der Waals surface area contributed by atoms with Crippen molar-refractivity contribution in [2.45, 2.75) is 44.9 Å². The Labute approximate surface area is 462 Å². The van der Waals surface area contributed by atoms with Crippen molar-refractivity contribution in [3.8, 4) is 22.6 Å². The van der Waals surface area contributed by atoms with E-state index in [1.807, 2.05) is 19.9 Å². The van der Waals surface area contributed by atoms with Crippen LogP contribution in [-0.2, 0) is 27.8 Å². The van der Waals surface area contributed by atoms with Crippen molar-refractivity contribution in [2.75, 3.05) is 14.1 Å². The Hall–Kier alpha value is -4.25. The largest absolute Gasteiger partial charge is 0.349 e. The molecule has 350 valence electrons. The maximum Gasteiger partial charge on any atom is 0.226 e. The molecule has 2 heterocycles. The Bertz CT molecular complexity index is 1700. The van der Waals surface area contributed by atoms with Crippen molar-refractivity contribution in [1.82, 2.24) is 19.9 Å². The molecule has 1 amide bonds. The number of hydrogen-bond acceptors (Lipinski definition) is 5. The lowest BCUT2D eigenvalue weighted by atomic mass is 9.58. The second kappa shape index (κ2) is 10.1. The number of carbonyl (C=O) groups excluding carboxylic acids is 2. The normalized spacial score (nSPS) is 37.4. The van der Waals surface area contributed by atoms with Crippen LogP contribution in [0.25, 0.3) is 27.5 Å². The zero-order chi connectivity index (χ0) is 180. The molecule has 0 radical (unpaired) electrons. The smallest absolute Gasteiger partial charge is 0.226 e. The molecule has 0 saturated heterocycles. The summed E-state index contributed by atoms with van der Waals surface area (Å²) in [6, 6.07) is 10.2. The number of hydrogen-bond donors (Lipinski definition) is 0. The number of fused-ring (bicyclic) bond motifs is 3. The van der Waals surface area contributed by atoms with E-state index in [4.69, 9.17) is 242 Å². The van der Waals surface area contributed by atoms with Crippen LogP contribution in [-0.4, -0.2) is 45.6 Å². The average molecular weight is 982 g/mol. The number of carbonyl (C=O) groups is 2. The minimum absolute atomic E-state index is 0.0106. The molecule has 0 spiro atoms. The molecule has 2 aromatic heterocycles. The van der Waals surface area contributed by atoms with Crippen LogP contribution in [0.1, 0.15) is 269 Å². The van der Waals surface area contributed by atoms with Crippen molar-refractivity contribution in [1.29, 1.82) is 0 Å². The molecule has 8 heteroatoms. The quantitative estimate of drug-likeness (QED) is 0.238. The van der Waals surface area contributed by atoms with Crippen LogP contribution >= 0.6 is 0 Å². The second-order valence-corrected chi connectivity index (χ2v) is 10.7. The monoisotopic (exact) mass is 982 g/mol. The van der Waals surface area contributed by atoms with Crippen molar-refractivity contribution in [3.05, 3.63) is 88.6 Å². The molecule has 0 bridgehead atoms. The zero-order valence-corrected chi connectivity index (χ0v) is 22.5. The highest BCUT2D eigenvalue weighted by atomic mass is 19.1. The molecule has 7 nitrogen and oxygen atoms in total. The summed E-state index contributed by atoms with van der Waals surface area (Å²) in [5.41, 5.74) is 3.35. The standard InChI is InChI=1S/C31H30FN5O2.76H2/c1-18-23-12-11-22-27(21-8-6-7-9-24(21)32)35-30(36-29(22)31(23,2)17-25(33-3)28(18)39)19-14-15-34-20(16-19)10-13-26(38)37(4)5;;;;;;;;;;;;;;;;;;;;;;;;;;;;;;;;;;;;;;;;;;;;;;;;;;;;;;;;;;;;;;;;;;;;;;;;;;;;/h6-9,14-18,23H,10-13H2,1-2,4-5H3;76*1H/t18-,23-,31-;;;;;;;;;;;;;;;;;;;;;;;;;;;;;;;;;;;;;;;;;;;;;;;;;;;;;;;;;;;;;;;;;;;;;;;;;;;;/m1............................................................................/s1/i;76*1+2T. The summed E-state index contributed by atoms with van der Waals surface area (Å²) in [6.07, 6.45) is 5.53. The van der Waals surface area contributed by atoms with Gasteiger partial charge in [0.15, 0.2) is 11.6 Å². The molecule has 2 aliphatic carbocycles. The number of pyridine rings is 1. The van der Waals surface area contributed by atoms with Gasteiger partial charge in [-0.05, 0) is 49.4 Å². The molecule has 3 aromatic rings. The number of ketones is 1. The lowest BCUT2D eigenvalue weighted by Crippen LogP contribution is -2.46. The van der Waals surface area contributed by atoms with E-state index in [2.05, 4.69) is 9.83 Å². The molecule has 0 fully saturated rings. The minimum Gasteiger partial charge on any atom is -0.349 e. The number of aromatic nitrogens is 3. The van der Waals surface area contributed by atoms with Gasteiger partial charge < -0.3 is 9.69 Å². The molecule has 5 rings (SSSR count). The van der Waals surface area contributed by atoms with Gasteiger partial charge in [0.05, 0.1) is 18.0 Å². The first-order valence-electron chi connectivity index (χ1n) is 89.1. The van der Waals surface area contributed by atoms with Crippen LogP contribution in [0.15, 0.2) is 54.4 Å². The van der Waals surface area contributed by atoms with E-state index in [0.29, 0.717) is 48.3 Å². The number of halogens is 1. The van der Waals surface area contributed by atoms with Gasteiger partial charge in [0.25, 0.3) is 0 Å². The predicted octanol–water partition coefficient (Wildman–Crippen LogP) is 23.9. The third-order valence-electron chi connectivity index (χ3n) is 8.12. The number of amides is 1. The van der Waals surface area contributed by atoms with Gasteiger partial charge >= 0.3 is 0 Å². The number of rotatable bonds is 5. The molecule has 2 aliphatic rings. The summed E-state index contributed by atoms with van der Waals surface area (Å²) in [6.45, 7) is 11.5. The van der Waals surface area contributed by atoms with Crippen molar-refractivity contribution in [3.63, 3.8) is 0 Å². The van der Waals surface area contributed by atoms with Crippen LogP contribution in [0.2, 0.25) is 0 Å². The first-order valence-corrected chi connectivity index (χ1v) is 13.1. The minimum atomic E-state index is -0.688. The van der Waals surface area contributed by atoms with Crippen molar-refractivity contribution < 1.29 is 240 Å². The molecular formula is C31H182FN5O2. The highest BCUT2D eigenvalue weighted by Crippen LogP contribution is 2.51. The number of nitrogens with zero attached hydrogens (tertiary/aromatic N) is 5. The first kappa shape index (κ1) is 3.01. The summed E-state index contributed by atoms with van der Waals surface area (Å²) in [4.78, 5) is 44.5. The molecule has 39 heavy (non-hydrogen) atoms. The van der Waals surface area contributed by atoms with Gasteiger partial charge in [0.1, 0.15) is 5.82 Å². The van der Waals surface area contributed by atoms with Crippen LogP contribution in [0, 0.1) is 24.2 Å². The van der Waals surface area contributed by atoms with E-state index >= 15 is 4.39 Å². The highest BCUT2D eigenvalue weighted by molar-refractivity contribution is 6.00. The summed E-state index contributed by atoms with van der Waals surface area (Å²) >= 11 is 0. The molecule has 0 saturated carbocycles. The van der Waals surface area contributed by atoms with Crippen LogP contribution in [0.5, 0.6) is 0 Å². The number of benzene rings is 1. The fraction of sp³-hybridized carbons (Fsp3) is 0.355. The number of Topliss-reactive ketones (excluding diaryl/α,β-unsaturated/α-hetero) is 1. The Morgan fingerprint density at radius 1 is 1.28 bits per heavy atom. The second-order valence-electron chi connectivity index (χ2n) is 10.7. The lowest BCUT2D eigenvalue weighted by Gasteiger charge is -2.46. The molecule has 0 unspecified atom stereocenters.